The molecule has 0 radical (unpaired) electrons. The summed E-state index contributed by atoms with van der Waals surface area (Å²) in [6, 6.07) is 7.71. The Morgan fingerprint density at radius 2 is 2.15 bits per heavy atom. The topological polar surface area (TPSA) is 131 Å². The number of imidazole rings is 1. The Balaban J connectivity index is 1.74. The van der Waals surface area contributed by atoms with Crippen molar-refractivity contribution in [2.75, 3.05) is 0 Å². The number of aromatic carboxylic acids is 1. The Morgan fingerprint density at radius 3 is 2.97 bits per heavy atom. The first-order valence-corrected chi connectivity index (χ1v) is 10.00. The first-order valence-electron chi connectivity index (χ1n) is 10.00. The Kier molecular flexibility index (Phi) is 3.96. The number of H-pyrrole nitrogens is 3. The number of fused-ring (bicyclic) bond motifs is 4. The monoisotopic (exact) mass is 444 g/mol. The van der Waals surface area contributed by atoms with Crippen LogP contribution in [0.3, 0.4) is 0 Å². The number of aromatic amines is 3. The predicted octanol–water partition coefficient (Wildman–Crippen LogP) is 3.32. The Hall–Kier alpha value is -4.73. The summed E-state index contributed by atoms with van der Waals surface area (Å²) in [6.45, 7) is 0.0798. The molecule has 0 aliphatic rings. The van der Waals surface area contributed by atoms with E-state index in [1.807, 2.05) is 6.07 Å². The van der Waals surface area contributed by atoms with Gasteiger partial charge in [-0.2, -0.15) is 0 Å². The minimum absolute atomic E-state index is 0.0798. The summed E-state index contributed by atoms with van der Waals surface area (Å²) in [5, 5.41) is 10.8. The van der Waals surface area contributed by atoms with Crippen LogP contribution in [0.2, 0.25) is 0 Å². The van der Waals surface area contributed by atoms with E-state index in [-0.39, 0.29) is 34.3 Å². The van der Waals surface area contributed by atoms with E-state index in [1.165, 1.54) is 35.2 Å². The molecule has 10 heteroatoms. The molecule has 0 saturated heterocycles. The fourth-order valence-corrected chi connectivity index (χ4v) is 4.36. The molecule has 6 aromatic rings. The molecule has 33 heavy (non-hydrogen) atoms. The maximum absolute atomic E-state index is 14.9. The molecule has 5 aromatic heterocycles. The zero-order valence-electron chi connectivity index (χ0n) is 16.8. The summed E-state index contributed by atoms with van der Waals surface area (Å²) < 4.78 is 22.0. The quantitative estimate of drug-likeness (QED) is 0.384. The van der Waals surface area contributed by atoms with Gasteiger partial charge in [0.1, 0.15) is 23.3 Å². The van der Waals surface area contributed by atoms with Crippen LogP contribution in [-0.4, -0.2) is 30.6 Å². The third-order valence-corrected chi connectivity index (χ3v) is 5.73. The molecule has 0 saturated carbocycles. The molecule has 9 nitrogen and oxygen atoms in total. The van der Waals surface area contributed by atoms with Crippen molar-refractivity contribution in [1.82, 2.24) is 19.5 Å². The minimum atomic E-state index is -1.26. The fraction of sp³-hybridized carbons (Fsp3) is 0.0435. The summed E-state index contributed by atoms with van der Waals surface area (Å²) in [6.07, 6.45) is 6.05. The van der Waals surface area contributed by atoms with Crippen molar-refractivity contribution >= 4 is 39.0 Å². The number of hydrogen-bond acceptors (Lipinski definition) is 4. The lowest BCUT2D eigenvalue weighted by Crippen LogP contribution is -2.13. The third kappa shape index (κ3) is 2.77. The number of nitrogens with one attached hydrogen (secondary N) is 3. The van der Waals surface area contributed by atoms with Crippen LogP contribution < -0.4 is 10.5 Å². The number of benzene rings is 1. The Morgan fingerprint density at radius 1 is 1.27 bits per heavy atom. The van der Waals surface area contributed by atoms with Gasteiger partial charge in [0.15, 0.2) is 11.8 Å². The summed E-state index contributed by atoms with van der Waals surface area (Å²) >= 11 is 0. The first kappa shape index (κ1) is 19.0. The second kappa shape index (κ2) is 6.89. The van der Waals surface area contributed by atoms with Crippen molar-refractivity contribution in [2.24, 2.45) is 0 Å². The summed E-state index contributed by atoms with van der Waals surface area (Å²) in [7, 11) is 0. The van der Waals surface area contributed by atoms with Gasteiger partial charge in [0.25, 0.3) is 11.2 Å². The molecule has 0 amide bonds. The van der Waals surface area contributed by atoms with Gasteiger partial charge in [-0.1, -0.05) is 0 Å². The fourth-order valence-electron chi connectivity index (χ4n) is 4.36. The van der Waals surface area contributed by atoms with Crippen LogP contribution >= 0.6 is 0 Å². The smallest absolute Gasteiger partial charge is 0.353 e. The lowest BCUT2D eigenvalue weighted by molar-refractivity contribution is -0.347. The number of carboxylic acids is 1. The number of nitrogens with zero attached hydrogens (tertiary/aromatic N) is 2. The number of carboxylic acid groups (broad SMARTS) is 1. The molecule has 0 spiro atoms. The molecule has 0 aliphatic heterocycles. The largest absolute Gasteiger partial charge is 0.477 e. The SMILES string of the molecule is O=C(O)c1c(-c2ccc[nH]c2=O)c2c3occc3c(F)cc2n1Cc1cnc2[nH+]c[nH]c2c1. The van der Waals surface area contributed by atoms with Gasteiger partial charge in [-0.15, -0.1) is 4.98 Å². The van der Waals surface area contributed by atoms with Gasteiger partial charge in [-0.3, -0.25) is 9.78 Å². The summed E-state index contributed by atoms with van der Waals surface area (Å²) in [5.74, 6) is -1.81. The van der Waals surface area contributed by atoms with Gasteiger partial charge in [0.05, 0.1) is 34.7 Å². The van der Waals surface area contributed by atoms with Gasteiger partial charge in [0.2, 0.25) is 0 Å². The summed E-state index contributed by atoms with van der Waals surface area (Å²) in [4.78, 5) is 38.1. The third-order valence-electron chi connectivity index (χ3n) is 5.73. The number of pyridine rings is 2. The molecule has 0 aliphatic carbocycles. The van der Waals surface area contributed by atoms with E-state index in [4.69, 9.17) is 4.42 Å². The summed E-state index contributed by atoms with van der Waals surface area (Å²) in [5.41, 5.74) is 2.25. The van der Waals surface area contributed by atoms with E-state index in [1.54, 1.807) is 18.6 Å². The average molecular weight is 444 g/mol. The van der Waals surface area contributed by atoms with Crippen LogP contribution in [0.15, 0.2) is 64.5 Å². The molecule has 0 bridgehead atoms. The van der Waals surface area contributed by atoms with Gasteiger partial charge >= 0.3 is 5.97 Å². The molecular weight excluding hydrogens is 429 g/mol. The van der Waals surface area contributed by atoms with Crippen molar-refractivity contribution in [1.29, 1.82) is 0 Å². The second-order valence-electron chi connectivity index (χ2n) is 7.62. The molecule has 0 unspecified atom stereocenters. The highest BCUT2D eigenvalue weighted by Gasteiger charge is 2.29. The van der Waals surface area contributed by atoms with Crippen LogP contribution in [-0.2, 0) is 6.54 Å². The molecule has 5 heterocycles. The van der Waals surface area contributed by atoms with E-state index in [2.05, 4.69) is 19.9 Å². The van der Waals surface area contributed by atoms with E-state index in [0.717, 1.165) is 5.52 Å². The molecule has 4 N–H and O–H groups in total. The maximum Gasteiger partial charge on any atom is 0.353 e. The zero-order valence-corrected chi connectivity index (χ0v) is 16.8. The van der Waals surface area contributed by atoms with Crippen LogP contribution in [0.25, 0.3) is 44.2 Å². The first-order chi connectivity index (χ1) is 16.0. The van der Waals surface area contributed by atoms with Crippen LogP contribution in [0, 0.1) is 5.82 Å². The van der Waals surface area contributed by atoms with Crippen molar-refractivity contribution in [3.8, 4) is 11.1 Å². The lowest BCUT2D eigenvalue weighted by atomic mass is 10.0. The van der Waals surface area contributed by atoms with Gasteiger partial charge in [0, 0.05) is 17.3 Å². The Labute approximate surface area is 183 Å². The number of halogens is 1. The molecule has 1 aromatic carbocycles. The average Bonchev–Trinajstić information content (AvgIpc) is 3.52. The van der Waals surface area contributed by atoms with E-state index in [0.29, 0.717) is 22.1 Å². The van der Waals surface area contributed by atoms with Crippen molar-refractivity contribution in [3.05, 3.63) is 82.7 Å². The molecule has 162 valence electrons. The van der Waals surface area contributed by atoms with Gasteiger partial charge < -0.3 is 19.1 Å². The molecule has 6 rings (SSSR count). The Bertz CT molecular complexity index is 1770. The van der Waals surface area contributed by atoms with Crippen molar-refractivity contribution in [2.45, 2.75) is 6.54 Å². The standard InChI is InChI=1S/C23H14FN5O4/c24-14-7-16-18(20-12(14)3-5-33-20)17(13-2-1-4-25-22(13)30)19(23(31)32)29(16)9-11-6-15-21(26-8-11)28-10-27-15/h1-8,10H,9H2,(H,25,30)(H,31,32)(H,26,27,28)/p+1. The molecule has 0 fully saturated rings. The molecule has 0 atom stereocenters. The van der Waals surface area contributed by atoms with Crippen molar-refractivity contribution < 1.29 is 23.7 Å². The van der Waals surface area contributed by atoms with Crippen LogP contribution in [0.4, 0.5) is 4.39 Å². The number of carbonyl (C=O) groups is 1. The highest BCUT2D eigenvalue weighted by atomic mass is 19.1. The highest BCUT2D eigenvalue weighted by Crippen LogP contribution is 2.40. The van der Waals surface area contributed by atoms with Crippen LogP contribution in [0.5, 0.6) is 0 Å². The van der Waals surface area contributed by atoms with Crippen LogP contribution in [0.1, 0.15) is 16.1 Å². The number of rotatable bonds is 4. The maximum atomic E-state index is 14.9. The second-order valence-corrected chi connectivity index (χ2v) is 7.62. The highest BCUT2D eigenvalue weighted by molar-refractivity contribution is 6.17. The number of furan rings is 1. The zero-order chi connectivity index (χ0) is 22.7. The minimum Gasteiger partial charge on any atom is -0.477 e. The number of aromatic nitrogens is 5. The van der Waals surface area contributed by atoms with E-state index < -0.39 is 17.3 Å². The van der Waals surface area contributed by atoms with E-state index in [9.17, 15) is 19.1 Å². The van der Waals surface area contributed by atoms with Gasteiger partial charge in [-0.05, 0) is 30.3 Å². The van der Waals surface area contributed by atoms with Crippen molar-refractivity contribution in [3.63, 3.8) is 0 Å². The lowest BCUT2D eigenvalue weighted by Gasteiger charge is -2.08. The van der Waals surface area contributed by atoms with E-state index >= 15 is 0 Å². The normalized spacial score (nSPS) is 11.7. The van der Waals surface area contributed by atoms with Gasteiger partial charge in [-0.25, -0.2) is 14.2 Å². The molecular formula is C23H15FN5O4+. The predicted molar refractivity (Wildman–Crippen MR) is 116 cm³/mol. The number of hydrogen-bond donors (Lipinski definition) is 3.